The highest BCUT2D eigenvalue weighted by Crippen LogP contribution is 2.22. The highest BCUT2D eigenvalue weighted by atomic mass is 15.1. The Hall–Kier alpha value is -1.81. The number of rotatable bonds is 4. The van der Waals surface area contributed by atoms with Crippen molar-refractivity contribution in [3.63, 3.8) is 0 Å². The standard InChI is InChI=1S/C17H24N4/c1-20-11-3-2-4-16(20)9-12-21-13-10-19-17(21)14-5-7-15(18)8-6-14/h5-8,10,13,16H,2-4,9,11-12,18H2,1H3. The Labute approximate surface area is 126 Å². The van der Waals surface area contributed by atoms with Crippen LogP contribution in [0.1, 0.15) is 25.7 Å². The molecule has 1 aromatic heterocycles. The maximum absolute atomic E-state index is 5.76. The van der Waals surface area contributed by atoms with E-state index in [1.807, 2.05) is 30.5 Å². The molecule has 0 radical (unpaired) electrons. The van der Waals surface area contributed by atoms with Crippen LogP contribution in [0.25, 0.3) is 11.4 Å². The van der Waals surface area contributed by atoms with Crippen molar-refractivity contribution in [3.05, 3.63) is 36.7 Å². The minimum Gasteiger partial charge on any atom is -0.399 e. The van der Waals surface area contributed by atoms with Gasteiger partial charge >= 0.3 is 0 Å². The Morgan fingerprint density at radius 2 is 2.05 bits per heavy atom. The van der Waals surface area contributed by atoms with E-state index in [0.29, 0.717) is 6.04 Å². The number of benzene rings is 1. The molecule has 0 saturated carbocycles. The van der Waals surface area contributed by atoms with Crippen molar-refractivity contribution in [2.45, 2.75) is 38.3 Å². The summed E-state index contributed by atoms with van der Waals surface area (Å²) in [5.74, 6) is 1.04. The number of hydrogen-bond donors (Lipinski definition) is 1. The molecule has 2 N–H and O–H groups in total. The molecule has 0 aliphatic carbocycles. The van der Waals surface area contributed by atoms with Gasteiger partial charge in [0.1, 0.15) is 5.82 Å². The van der Waals surface area contributed by atoms with Crippen LogP contribution >= 0.6 is 0 Å². The van der Waals surface area contributed by atoms with E-state index in [9.17, 15) is 0 Å². The van der Waals surface area contributed by atoms with Gasteiger partial charge in [-0.15, -0.1) is 0 Å². The molecule has 1 unspecified atom stereocenters. The van der Waals surface area contributed by atoms with Gasteiger partial charge in [0.25, 0.3) is 0 Å². The van der Waals surface area contributed by atoms with Crippen LogP contribution < -0.4 is 5.73 Å². The fraction of sp³-hybridized carbons (Fsp3) is 0.471. The lowest BCUT2D eigenvalue weighted by atomic mass is 10.00. The Bertz CT molecular complexity index is 573. The zero-order valence-corrected chi connectivity index (χ0v) is 12.7. The average molecular weight is 284 g/mol. The number of imidazole rings is 1. The minimum absolute atomic E-state index is 0.709. The molecule has 0 amide bonds. The maximum atomic E-state index is 5.76. The summed E-state index contributed by atoms with van der Waals surface area (Å²) in [5, 5.41) is 0. The van der Waals surface area contributed by atoms with Crippen LogP contribution in [0, 0.1) is 0 Å². The number of aryl methyl sites for hydroxylation is 1. The summed E-state index contributed by atoms with van der Waals surface area (Å²) >= 11 is 0. The highest BCUT2D eigenvalue weighted by molar-refractivity contribution is 5.59. The van der Waals surface area contributed by atoms with Gasteiger partial charge < -0.3 is 15.2 Å². The zero-order valence-electron chi connectivity index (χ0n) is 12.7. The third kappa shape index (κ3) is 3.27. The van der Waals surface area contributed by atoms with Crippen LogP contribution in [0.2, 0.25) is 0 Å². The van der Waals surface area contributed by atoms with Crippen LogP contribution in [0.3, 0.4) is 0 Å². The highest BCUT2D eigenvalue weighted by Gasteiger charge is 2.18. The fourth-order valence-corrected chi connectivity index (χ4v) is 3.18. The normalized spacial score (nSPS) is 19.8. The van der Waals surface area contributed by atoms with Crippen molar-refractivity contribution in [2.24, 2.45) is 0 Å². The van der Waals surface area contributed by atoms with Crippen molar-refractivity contribution in [3.8, 4) is 11.4 Å². The Morgan fingerprint density at radius 1 is 1.24 bits per heavy atom. The molecule has 4 heteroatoms. The lowest BCUT2D eigenvalue weighted by Gasteiger charge is -2.32. The summed E-state index contributed by atoms with van der Waals surface area (Å²) in [7, 11) is 2.25. The summed E-state index contributed by atoms with van der Waals surface area (Å²) in [6, 6.07) is 8.66. The van der Waals surface area contributed by atoms with Gasteiger partial charge in [0.05, 0.1) is 0 Å². The Balaban J connectivity index is 1.69. The van der Waals surface area contributed by atoms with Gasteiger partial charge in [-0.3, -0.25) is 0 Å². The monoisotopic (exact) mass is 284 g/mol. The molecular weight excluding hydrogens is 260 g/mol. The van der Waals surface area contributed by atoms with Crippen molar-refractivity contribution in [1.82, 2.24) is 14.5 Å². The maximum Gasteiger partial charge on any atom is 0.139 e. The van der Waals surface area contributed by atoms with Gasteiger partial charge in [-0.05, 0) is 57.1 Å². The van der Waals surface area contributed by atoms with Crippen molar-refractivity contribution in [1.29, 1.82) is 0 Å². The van der Waals surface area contributed by atoms with E-state index >= 15 is 0 Å². The Kier molecular flexibility index (Phi) is 4.25. The molecular formula is C17H24N4. The lowest BCUT2D eigenvalue weighted by Crippen LogP contribution is -2.36. The number of anilines is 1. The molecule has 3 rings (SSSR count). The molecule has 4 nitrogen and oxygen atoms in total. The zero-order chi connectivity index (χ0) is 14.7. The molecule has 1 saturated heterocycles. The summed E-state index contributed by atoms with van der Waals surface area (Å²) in [6.07, 6.45) is 9.18. The summed E-state index contributed by atoms with van der Waals surface area (Å²) in [6.45, 7) is 2.26. The molecule has 1 fully saturated rings. The van der Waals surface area contributed by atoms with Gasteiger partial charge in [0.15, 0.2) is 0 Å². The van der Waals surface area contributed by atoms with Gasteiger partial charge in [0.2, 0.25) is 0 Å². The molecule has 1 atom stereocenters. The lowest BCUT2D eigenvalue weighted by molar-refractivity contribution is 0.171. The topological polar surface area (TPSA) is 47.1 Å². The molecule has 1 aliphatic rings. The number of nitrogen functional groups attached to an aromatic ring is 1. The first-order valence-corrected chi connectivity index (χ1v) is 7.81. The molecule has 0 bridgehead atoms. The minimum atomic E-state index is 0.709. The van der Waals surface area contributed by atoms with Crippen LogP contribution in [0.4, 0.5) is 5.69 Å². The largest absolute Gasteiger partial charge is 0.399 e. The molecule has 21 heavy (non-hydrogen) atoms. The predicted molar refractivity (Wildman–Crippen MR) is 87.0 cm³/mol. The van der Waals surface area contributed by atoms with Crippen LogP contribution in [-0.2, 0) is 6.54 Å². The molecule has 112 valence electrons. The average Bonchev–Trinajstić information content (AvgIpc) is 2.96. The van der Waals surface area contributed by atoms with Crippen LogP contribution in [0.5, 0.6) is 0 Å². The third-order valence-corrected chi connectivity index (χ3v) is 4.51. The molecule has 2 heterocycles. The third-order valence-electron chi connectivity index (χ3n) is 4.51. The first kappa shape index (κ1) is 14.1. The summed E-state index contributed by atoms with van der Waals surface area (Å²) < 4.78 is 2.26. The van der Waals surface area contributed by atoms with Gasteiger partial charge in [-0.1, -0.05) is 6.42 Å². The number of hydrogen-bond acceptors (Lipinski definition) is 3. The quantitative estimate of drug-likeness (QED) is 0.878. The van der Waals surface area contributed by atoms with Gasteiger partial charge in [-0.25, -0.2) is 4.98 Å². The first-order chi connectivity index (χ1) is 10.2. The van der Waals surface area contributed by atoms with E-state index in [-0.39, 0.29) is 0 Å². The number of aromatic nitrogens is 2. The van der Waals surface area contributed by atoms with E-state index in [1.165, 1.54) is 32.2 Å². The first-order valence-electron chi connectivity index (χ1n) is 7.81. The fourth-order valence-electron chi connectivity index (χ4n) is 3.18. The van der Waals surface area contributed by atoms with Gasteiger partial charge in [0, 0.05) is 36.2 Å². The predicted octanol–water partition coefficient (Wildman–Crippen LogP) is 3.01. The second-order valence-electron chi connectivity index (χ2n) is 5.99. The smallest absolute Gasteiger partial charge is 0.139 e. The van der Waals surface area contributed by atoms with Crippen LogP contribution in [0.15, 0.2) is 36.7 Å². The van der Waals surface area contributed by atoms with E-state index < -0.39 is 0 Å². The van der Waals surface area contributed by atoms with Crippen molar-refractivity contribution < 1.29 is 0 Å². The molecule has 0 spiro atoms. The van der Waals surface area contributed by atoms with Crippen molar-refractivity contribution in [2.75, 3.05) is 19.3 Å². The molecule has 1 aromatic carbocycles. The van der Waals surface area contributed by atoms with E-state index in [0.717, 1.165) is 23.6 Å². The van der Waals surface area contributed by atoms with E-state index in [1.54, 1.807) is 0 Å². The van der Waals surface area contributed by atoms with Crippen molar-refractivity contribution >= 4 is 5.69 Å². The van der Waals surface area contributed by atoms with E-state index in [4.69, 9.17) is 5.73 Å². The van der Waals surface area contributed by atoms with E-state index in [2.05, 4.69) is 27.7 Å². The number of nitrogens with two attached hydrogens (primary N) is 1. The number of piperidine rings is 1. The summed E-state index contributed by atoms with van der Waals surface area (Å²) in [4.78, 5) is 7.01. The molecule has 2 aromatic rings. The Morgan fingerprint density at radius 3 is 2.81 bits per heavy atom. The summed E-state index contributed by atoms with van der Waals surface area (Å²) in [5.41, 5.74) is 7.68. The second-order valence-corrected chi connectivity index (χ2v) is 5.99. The second kappa shape index (κ2) is 6.31. The SMILES string of the molecule is CN1CCCCC1CCn1ccnc1-c1ccc(N)cc1. The number of nitrogens with zero attached hydrogens (tertiary/aromatic N) is 3. The molecule has 1 aliphatic heterocycles. The number of likely N-dealkylation sites (tertiary alicyclic amines) is 1. The van der Waals surface area contributed by atoms with Gasteiger partial charge in [-0.2, -0.15) is 0 Å². The van der Waals surface area contributed by atoms with Crippen LogP contribution in [-0.4, -0.2) is 34.1 Å².